The number of carbonyl (C=O) groups is 3. The lowest BCUT2D eigenvalue weighted by Gasteiger charge is -2.18. The van der Waals surface area contributed by atoms with Crippen molar-refractivity contribution in [3.63, 3.8) is 0 Å². The average molecular weight is 1010 g/mol. The van der Waals surface area contributed by atoms with Gasteiger partial charge in [0.1, 0.15) is 13.2 Å². The van der Waals surface area contributed by atoms with Crippen molar-refractivity contribution >= 4 is 17.9 Å². The van der Waals surface area contributed by atoms with E-state index < -0.39 is 12.1 Å². The normalized spacial score (nSPS) is 13.1. The van der Waals surface area contributed by atoms with Gasteiger partial charge in [-0.2, -0.15) is 0 Å². The first-order valence-corrected chi connectivity index (χ1v) is 29.7. The van der Waals surface area contributed by atoms with Crippen LogP contribution in [0.15, 0.2) is 134 Å². The monoisotopic (exact) mass is 1010 g/mol. The van der Waals surface area contributed by atoms with Crippen LogP contribution in [0.25, 0.3) is 0 Å². The maximum atomic E-state index is 12.8. The molecule has 6 heteroatoms. The second kappa shape index (κ2) is 60.1. The van der Waals surface area contributed by atoms with Crippen molar-refractivity contribution in [3.8, 4) is 0 Å². The van der Waals surface area contributed by atoms with Gasteiger partial charge in [-0.15, -0.1) is 0 Å². The highest BCUT2D eigenvalue weighted by molar-refractivity contribution is 5.71. The molecule has 0 heterocycles. The van der Waals surface area contributed by atoms with Crippen LogP contribution in [0.3, 0.4) is 0 Å². The molecule has 0 aliphatic rings. The number of esters is 3. The summed E-state index contributed by atoms with van der Waals surface area (Å²) in [5.74, 6) is -1.02. The van der Waals surface area contributed by atoms with Gasteiger partial charge in [-0.1, -0.05) is 264 Å². The van der Waals surface area contributed by atoms with E-state index >= 15 is 0 Å². The zero-order valence-corrected chi connectivity index (χ0v) is 47.1. The lowest BCUT2D eigenvalue weighted by molar-refractivity contribution is -0.166. The Kier molecular flexibility index (Phi) is 56.4. The Morgan fingerprint density at radius 1 is 0.288 bits per heavy atom. The number of carbonyl (C=O) groups excluding carboxylic acids is 3. The maximum Gasteiger partial charge on any atom is 0.306 e. The molecule has 0 aromatic heterocycles. The van der Waals surface area contributed by atoms with Gasteiger partial charge in [-0.3, -0.25) is 14.4 Å². The molecule has 73 heavy (non-hydrogen) atoms. The fraction of sp³-hybridized carbons (Fsp3) is 0.627. The highest BCUT2D eigenvalue weighted by Crippen LogP contribution is 2.15. The molecule has 0 rings (SSSR count). The molecule has 0 aromatic rings. The summed E-state index contributed by atoms with van der Waals surface area (Å²) in [6, 6.07) is 0. The Morgan fingerprint density at radius 3 is 0.890 bits per heavy atom. The molecule has 0 aromatic carbocycles. The minimum atomic E-state index is -0.831. The smallest absolute Gasteiger partial charge is 0.306 e. The molecular formula is C67H108O6. The Balaban J connectivity index is 4.54. The van der Waals surface area contributed by atoms with Crippen molar-refractivity contribution in [3.05, 3.63) is 134 Å². The van der Waals surface area contributed by atoms with Gasteiger partial charge in [0.2, 0.25) is 0 Å². The Bertz CT molecular complexity index is 1580. The Hall–Kier alpha value is -4.45. The Labute approximate surface area is 449 Å². The first-order valence-electron chi connectivity index (χ1n) is 29.7. The van der Waals surface area contributed by atoms with Crippen molar-refractivity contribution < 1.29 is 28.6 Å². The highest BCUT2D eigenvalue weighted by atomic mass is 16.6. The van der Waals surface area contributed by atoms with Gasteiger partial charge in [0.05, 0.1) is 0 Å². The molecule has 0 saturated heterocycles. The van der Waals surface area contributed by atoms with E-state index in [9.17, 15) is 14.4 Å². The van der Waals surface area contributed by atoms with E-state index in [1.165, 1.54) is 77.0 Å². The summed E-state index contributed by atoms with van der Waals surface area (Å²) in [5, 5.41) is 0. The molecule has 0 amide bonds. The summed E-state index contributed by atoms with van der Waals surface area (Å²) in [5.41, 5.74) is 0. The molecule has 0 spiro atoms. The van der Waals surface area contributed by atoms with Crippen LogP contribution in [0, 0.1) is 0 Å². The predicted molar refractivity (Wildman–Crippen MR) is 316 cm³/mol. The van der Waals surface area contributed by atoms with E-state index in [1.807, 2.05) is 12.2 Å². The molecule has 6 nitrogen and oxygen atoms in total. The number of unbranched alkanes of at least 4 members (excludes halogenated alkanes) is 19. The van der Waals surface area contributed by atoms with E-state index in [1.54, 1.807) is 0 Å². The van der Waals surface area contributed by atoms with Crippen LogP contribution >= 0.6 is 0 Å². The van der Waals surface area contributed by atoms with Gasteiger partial charge in [-0.05, 0) is 103 Å². The summed E-state index contributed by atoms with van der Waals surface area (Å²) in [6.07, 6.45) is 84.5. The van der Waals surface area contributed by atoms with Gasteiger partial charge in [0.25, 0.3) is 0 Å². The van der Waals surface area contributed by atoms with Gasteiger partial charge < -0.3 is 14.2 Å². The second-order valence-corrected chi connectivity index (χ2v) is 19.1. The van der Waals surface area contributed by atoms with Crippen molar-refractivity contribution in [1.82, 2.24) is 0 Å². The predicted octanol–water partition coefficient (Wildman–Crippen LogP) is 20.2. The van der Waals surface area contributed by atoms with Crippen molar-refractivity contribution in [2.24, 2.45) is 0 Å². The van der Waals surface area contributed by atoms with Crippen LogP contribution in [-0.2, 0) is 28.6 Å². The molecule has 0 saturated carbocycles. The standard InChI is InChI=1S/C67H108O6/c1-4-7-10-13-16-19-22-25-28-30-32-33-35-36-39-42-45-48-51-54-57-60-66(69)72-63-64(62-71-65(68)59-56-53-50-47-44-41-38-27-24-21-18-15-12-9-6-3)73-67(70)61-58-55-52-49-46-43-40-37-34-31-29-26-23-20-17-14-11-8-5-2/h7-8,10-11,16-17,19-20,25-26,28-29,32-34,36-37,39,43,46,52,55,64H,4-6,9,12-15,18,21-24,27,30-31,35,38,40-42,44-45,47-51,53-54,56-63H2,1-3H3/b10-7-,11-8-,19-16-,20-17-,28-25-,29-26-,33-32-,37-34-,39-36-,46-43-,55-52-. The second-order valence-electron chi connectivity index (χ2n) is 19.1. The lowest BCUT2D eigenvalue weighted by atomic mass is 10.0. The molecule has 0 radical (unpaired) electrons. The SMILES string of the molecule is CC/C=C\C/C=C\C/C=C\C/C=C\C/C=C\C/C=C\CCC(=O)OC(COC(=O)CCCCCCC/C=C\C/C=C\C/C=C\C/C=C\C/C=C\CC)COC(=O)CCCCCCCCCCCCCCCCC. The van der Waals surface area contributed by atoms with E-state index in [-0.39, 0.29) is 31.6 Å². The van der Waals surface area contributed by atoms with Crippen LogP contribution < -0.4 is 0 Å². The van der Waals surface area contributed by atoms with Crippen molar-refractivity contribution in [2.45, 2.75) is 258 Å². The molecule has 0 aliphatic carbocycles. The van der Waals surface area contributed by atoms with Crippen LogP contribution in [0.5, 0.6) is 0 Å². The van der Waals surface area contributed by atoms with E-state index in [0.717, 1.165) is 128 Å². The molecular weight excluding hydrogens is 901 g/mol. The quantitative estimate of drug-likeness (QED) is 0.0261. The van der Waals surface area contributed by atoms with Crippen LogP contribution in [0.4, 0.5) is 0 Å². The number of ether oxygens (including phenoxy) is 3. The first-order chi connectivity index (χ1) is 36.0. The minimum absolute atomic E-state index is 0.117. The average Bonchev–Trinajstić information content (AvgIpc) is 3.39. The molecule has 412 valence electrons. The van der Waals surface area contributed by atoms with E-state index in [4.69, 9.17) is 14.2 Å². The fourth-order valence-electron chi connectivity index (χ4n) is 7.79. The summed E-state index contributed by atoms with van der Waals surface area (Å²) < 4.78 is 16.8. The van der Waals surface area contributed by atoms with E-state index in [0.29, 0.717) is 19.3 Å². The number of hydrogen-bond acceptors (Lipinski definition) is 6. The largest absolute Gasteiger partial charge is 0.462 e. The molecule has 0 aliphatic heterocycles. The maximum absolute atomic E-state index is 12.8. The third-order valence-corrected chi connectivity index (χ3v) is 12.2. The summed E-state index contributed by atoms with van der Waals surface area (Å²) in [4.78, 5) is 38.2. The molecule has 1 unspecified atom stereocenters. The van der Waals surface area contributed by atoms with Crippen LogP contribution in [0.1, 0.15) is 252 Å². The van der Waals surface area contributed by atoms with Gasteiger partial charge in [0.15, 0.2) is 6.10 Å². The first kappa shape index (κ1) is 68.6. The van der Waals surface area contributed by atoms with Gasteiger partial charge >= 0.3 is 17.9 Å². The van der Waals surface area contributed by atoms with Crippen molar-refractivity contribution in [1.29, 1.82) is 0 Å². The summed E-state index contributed by atoms with van der Waals surface area (Å²) in [7, 11) is 0. The summed E-state index contributed by atoms with van der Waals surface area (Å²) in [6.45, 7) is 6.34. The summed E-state index contributed by atoms with van der Waals surface area (Å²) >= 11 is 0. The third kappa shape index (κ3) is 58.3. The zero-order chi connectivity index (χ0) is 52.9. The topological polar surface area (TPSA) is 78.9 Å². The minimum Gasteiger partial charge on any atom is -0.462 e. The number of allylic oxidation sites excluding steroid dienone is 22. The van der Waals surface area contributed by atoms with Gasteiger partial charge in [-0.25, -0.2) is 0 Å². The lowest BCUT2D eigenvalue weighted by Crippen LogP contribution is -2.30. The molecule has 1 atom stereocenters. The highest BCUT2D eigenvalue weighted by Gasteiger charge is 2.19. The fourth-order valence-corrected chi connectivity index (χ4v) is 7.79. The zero-order valence-electron chi connectivity index (χ0n) is 47.1. The van der Waals surface area contributed by atoms with Gasteiger partial charge in [0, 0.05) is 19.3 Å². The van der Waals surface area contributed by atoms with E-state index in [2.05, 4.69) is 142 Å². The number of hydrogen-bond donors (Lipinski definition) is 0. The Morgan fingerprint density at radius 2 is 0.562 bits per heavy atom. The number of rotatable bonds is 52. The van der Waals surface area contributed by atoms with Crippen LogP contribution in [0.2, 0.25) is 0 Å². The van der Waals surface area contributed by atoms with Crippen LogP contribution in [-0.4, -0.2) is 37.2 Å². The molecule has 0 N–H and O–H groups in total. The third-order valence-electron chi connectivity index (χ3n) is 12.2. The van der Waals surface area contributed by atoms with Crippen molar-refractivity contribution in [2.75, 3.05) is 13.2 Å². The molecule has 0 bridgehead atoms. The molecule has 0 fully saturated rings.